The molecule has 2 rings (SSSR count). The highest BCUT2D eigenvalue weighted by molar-refractivity contribution is 5.87. The zero-order chi connectivity index (χ0) is 16.2. The molecule has 1 fully saturated rings. The predicted molar refractivity (Wildman–Crippen MR) is 82.6 cm³/mol. The Morgan fingerprint density at radius 3 is 2.86 bits per heavy atom. The summed E-state index contributed by atoms with van der Waals surface area (Å²) in [5, 5.41) is 12.5. The van der Waals surface area contributed by atoms with Crippen molar-refractivity contribution in [2.75, 3.05) is 7.11 Å². The van der Waals surface area contributed by atoms with Crippen LogP contribution in [0.5, 0.6) is 0 Å². The van der Waals surface area contributed by atoms with Gasteiger partial charge < -0.3 is 15.2 Å². The molecule has 1 aliphatic carbocycles. The summed E-state index contributed by atoms with van der Waals surface area (Å²) < 4.78 is 4.93. The minimum atomic E-state index is -0.932. The van der Waals surface area contributed by atoms with Crippen molar-refractivity contribution in [3.05, 3.63) is 35.4 Å². The third kappa shape index (κ3) is 3.65. The molecule has 0 amide bonds. The van der Waals surface area contributed by atoms with E-state index in [0.717, 1.165) is 31.2 Å². The average Bonchev–Trinajstić information content (AvgIpc) is 2.53. The largest absolute Gasteiger partial charge is 0.478 e. The molecule has 0 heterocycles. The summed E-state index contributed by atoms with van der Waals surface area (Å²) in [5.74, 6) is -1.26. The third-order valence-corrected chi connectivity index (χ3v) is 4.56. The first-order valence-corrected chi connectivity index (χ1v) is 7.61. The first kappa shape index (κ1) is 16.5. The second-order valence-electron chi connectivity index (χ2n) is 6.10. The summed E-state index contributed by atoms with van der Waals surface area (Å²) in [4.78, 5) is 23.0. The van der Waals surface area contributed by atoms with Gasteiger partial charge in [0.05, 0.1) is 18.6 Å². The standard InChI is InChI=1S/C17H23NO4/c1-17(9-4-3-8-14(17)16(21)22-2)18-11-12-6-5-7-13(10-12)15(19)20/h5-7,10,14,18H,3-4,8-9,11H2,1-2H3,(H,19,20). The maximum atomic E-state index is 12.0. The van der Waals surface area contributed by atoms with Crippen molar-refractivity contribution in [3.63, 3.8) is 0 Å². The number of carbonyl (C=O) groups is 2. The van der Waals surface area contributed by atoms with Gasteiger partial charge in [0, 0.05) is 12.1 Å². The lowest BCUT2D eigenvalue weighted by Crippen LogP contribution is -2.53. The van der Waals surface area contributed by atoms with Crippen LogP contribution in [0, 0.1) is 5.92 Å². The van der Waals surface area contributed by atoms with Crippen LogP contribution in [0.25, 0.3) is 0 Å². The summed E-state index contributed by atoms with van der Waals surface area (Å²) in [6.07, 6.45) is 3.84. The van der Waals surface area contributed by atoms with Gasteiger partial charge in [0.25, 0.3) is 0 Å². The van der Waals surface area contributed by atoms with Crippen LogP contribution in [0.2, 0.25) is 0 Å². The molecule has 2 unspecified atom stereocenters. The zero-order valence-corrected chi connectivity index (χ0v) is 13.1. The van der Waals surface area contributed by atoms with Gasteiger partial charge in [-0.1, -0.05) is 25.0 Å². The van der Waals surface area contributed by atoms with Gasteiger partial charge >= 0.3 is 11.9 Å². The van der Waals surface area contributed by atoms with Crippen molar-refractivity contribution < 1.29 is 19.4 Å². The third-order valence-electron chi connectivity index (χ3n) is 4.56. The quantitative estimate of drug-likeness (QED) is 0.818. The molecule has 0 aliphatic heterocycles. The van der Waals surface area contributed by atoms with Gasteiger partial charge in [0.1, 0.15) is 0 Å². The van der Waals surface area contributed by atoms with E-state index in [0.29, 0.717) is 6.54 Å². The van der Waals surface area contributed by atoms with Crippen molar-refractivity contribution in [2.24, 2.45) is 5.92 Å². The van der Waals surface area contributed by atoms with Crippen LogP contribution in [0.1, 0.15) is 48.5 Å². The van der Waals surface area contributed by atoms with Crippen molar-refractivity contribution in [1.82, 2.24) is 5.32 Å². The molecule has 1 aliphatic rings. The fraction of sp³-hybridized carbons (Fsp3) is 0.529. The van der Waals surface area contributed by atoms with Gasteiger partial charge in [-0.05, 0) is 37.5 Å². The van der Waals surface area contributed by atoms with E-state index in [1.165, 1.54) is 7.11 Å². The highest BCUT2D eigenvalue weighted by atomic mass is 16.5. The number of esters is 1. The Morgan fingerprint density at radius 2 is 2.18 bits per heavy atom. The maximum Gasteiger partial charge on any atom is 0.335 e. The number of hydrogen-bond acceptors (Lipinski definition) is 4. The second-order valence-corrected chi connectivity index (χ2v) is 6.10. The average molecular weight is 305 g/mol. The molecule has 5 nitrogen and oxygen atoms in total. The number of carbonyl (C=O) groups excluding carboxylic acids is 1. The SMILES string of the molecule is COC(=O)C1CCCCC1(C)NCc1cccc(C(=O)O)c1. The van der Waals surface area contributed by atoms with Gasteiger partial charge in [0.2, 0.25) is 0 Å². The Balaban J connectivity index is 2.09. The number of rotatable bonds is 5. The fourth-order valence-electron chi connectivity index (χ4n) is 3.18. The van der Waals surface area contributed by atoms with Crippen molar-refractivity contribution in [3.8, 4) is 0 Å². The van der Waals surface area contributed by atoms with E-state index in [1.807, 2.05) is 6.07 Å². The number of nitrogens with one attached hydrogen (secondary N) is 1. The fourth-order valence-corrected chi connectivity index (χ4v) is 3.18. The first-order chi connectivity index (χ1) is 10.5. The predicted octanol–water partition coefficient (Wildman–Crippen LogP) is 2.60. The molecule has 0 radical (unpaired) electrons. The van der Waals surface area contributed by atoms with Crippen LogP contribution < -0.4 is 5.32 Å². The molecule has 22 heavy (non-hydrogen) atoms. The van der Waals surface area contributed by atoms with Gasteiger partial charge in [-0.3, -0.25) is 4.79 Å². The summed E-state index contributed by atoms with van der Waals surface area (Å²) in [5.41, 5.74) is 0.859. The van der Waals surface area contributed by atoms with Crippen molar-refractivity contribution in [2.45, 2.75) is 44.7 Å². The first-order valence-electron chi connectivity index (χ1n) is 7.61. The number of carboxylic acids is 1. The number of hydrogen-bond donors (Lipinski definition) is 2. The molecule has 0 saturated heterocycles. The Labute approximate surface area is 130 Å². The molecule has 2 atom stereocenters. The zero-order valence-electron chi connectivity index (χ0n) is 13.1. The highest BCUT2D eigenvalue weighted by Crippen LogP contribution is 2.34. The molecule has 0 bridgehead atoms. The lowest BCUT2D eigenvalue weighted by atomic mass is 9.73. The van der Waals surface area contributed by atoms with E-state index in [-0.39, 0.29) is 23.0 Å². The Morgan fingerprint density at radius 1 is 1.41 bits per heavy atom. The maximum absolute atomic E-state index is 12.0. The van der Waals surface area contributed by atoms with Crippen LogP contribution >= 0.6 is 0 Å². The van der Waals surface area contributed by atoms with Crippen LogP contribution in [-0.4, -0.2) is 29.7 Å². The molecule has 1 aromatic carbocycles. The van der Waals surface area contributed by atoms with Gasteiger partial charge in [-0.2, -0.15) is 0 Å². The lowest BCUT2D eigenvalue weighted by molar-refractivity contribution is -0.149. The van der Waals surface area contributed by atoms with Crippen molar-refractivity contribution in [1.29, 1.82) is 0 Å². The number of ether oxygens (including phenoxy) is 1. The van der Waals surface area contributed by atoms with Crippen LogP contribution in [0.15, 0.2) is 24.3 Å². The molecule has 0 spiro atoms. The van der Waals surface area contributed by atoms with Crippen LogP contribution in [0.3, 0.4) is 0 Å². The van der Waals surface area contributed by atoms with Crippen molar-refractivity contribution >= 4 is 11.9 Å². The van der Waals surface area contributed by atoms with Gasteiger partial charge in [-0.25, -0.2) is 4.79 Å². The lowest BCUT2D eigenvalue weighted by Gasteiger charge is -2.40. The highest BCUT2D eigenvalue weighted by Gasteiger charge is 2.41. The normalized spacial score (nSPS) is 24.7. The van der Waals surface area contributed by atoms with E-state index < -0.39 is 5.97 Å². The molecular formula is C17H23NO4. The van der Waals surface area contributed by atoms with E-state index in [9.17, 15) is 9.59 Å². The number of carboxylic acid groups (broad SMARTS) is 1. The van der Waals surface area contributed by atoms with Crippen LogP contribution in [-0.2, 0) is 16.1 Å². The minimum absolute atomic E-state index is 0.158. The van der Waals surface area contributed by atoms with Gasteiger partial charge in [0.15, 0.2) is 0 Å². The minimum Gasteiger partial charge on any atom is -0.478 e. The number of aromatic carboxylic acids is 1. The topological polar surface area (TPSA) is 75.6 Å². The number of methoxy groups -OCH3 is 1. The molecule has 2 N–H and O–H groups in total. The molecule has 1 aromatic rings. The van der Waals surface area contributed by atoms with E-state index >= 15 is 0 Å². The second kappa shape index (κ2) is 6.92. The summed E-state index contributed by atoms with van der Waals surface area (Å²) in [7, 11) is 1.42. The Bertz CT molecular complexity index is 557. The molecule has 0 aromatic heterocycles. The Kier molecular flexibility index (Phi) is 5.19. The van der Waals surface area contributed by atoms with E-state index in [1.54, 1.807) is 18.2 Å². The summed E-state index contributed by atoms with van der Waals surface area (Å²) in [6.45, 7) is 2.58. The monoisotopic (exact) mass is 305 g/mol. The van der Waals surface area contributed by atoms with E-state index in [2.05, 4.69) is 12.2 Å². The van der Waals surface area contributed by atoms with Gasteiger partial charge in [-0.15, -0.1) is 0 Å². The Hall–Kier alpha value is -1.88. The smallest absolute Gasteiger partial charge is 0.335 e. The molecular weight excluding hydrogens is 282 g/mol. The molecule has 1 saturated carbocycles. The summed E-state index contributed by atoms with van der Waals surface area (Å²) >= 11 is 0. The molecule has 5 heteroatoms. The van der Waals surface area contributed by atoms with E-state index in [4.69, 9.17) is 9.84 Å². The summed E-state index contributed by atoms with van der Waals surface area (Å²) in [6, 6.07) is 6.86. The number of benzene rings is 1. The molecule has 120 valence electrons. The van der Waals surface area contributed by atoms with Crippen LogP contribution in [0.4, 0.5) is 0 Å².